The molecule has 0 unspecified atom stereocenters. The summed E-state index contributed by atoms with van der Waals surface area (Å²) < 4.78 is 3.23. The van der Waals surface area contributed by atoms with E-state index in [4.69, 9.17) is 10.1 Å². The first-order valence-electron chi connectivity index (χ1n) is 14.2. The summed E-state index contributed by atoms with van der Waals surface area (Å²) in [6, 6.07) is 7.31. The Labute approximate surface area is 222 Å². The predicted molar refractivity (Wildman–Crippen MR) is 149 cm³/mol. The van der Waals surface area contributed by atoms with Crippen LogP contribution in [0.15, 0.2) is 39.9 Å². The number of benzene rings is 1. The number of nitrogens with one attached hydrogen (secondary N) is 1. The largest absolute Gasteiger partial charge is 0.478 e. The average molecular weight is 519 g/mol. The first-order chi connectivity index (χ1) is 18.5. The lowest BCUT2D eigenvalue weighted by Gasteiger charge is -2.19. The SMILES string of the molecule is O=C(O)C=Cc1ccc(-c2nc3c([nH]2)c(=O)n(CC2CCCCCC2)c(=O)n3CC2CCCCCC2)cc1. The number of hydrogen-bond donors (Lipinski definition) is 2. The minimum atomic E-state index is -1.00. The fourth-order valence-corrected chi connectivity index (χ4v) is 6.16. The summed E-state index contributed by atoms with van der Waals surface area (Å²) in [6.45, 7) is 1.06. The summed E-state index contributed by atoms with van der Waals surface area (Å²) in [5, 5.41) is 8.87. The van der Waals surface area contributed by atoms with Gasteiger partial charge < -0.3 is 10.1 Å². The maximum Gasteiger partial charge on any atom is 0.332 e. The minimum absolute atomic E-state index is 0.233. The van der Waals surface area contributed by atoms with Crippen molar-refractivity contribution in [3.63, 3.8) is 0 Å². The number of carbonyl (C=O) groups is 1. The third kappa shape index (κ3) is 6.00. The number of aromatic nitrogens is 4. The molecule has 2 N–H and O–H groups in total. The summed E-state index contributed by atoms with van der Waals surface area (Å²) >= 11 is 0. The summed E-state index contributed by atoms with van der Waals surface area (Å²) in [4.78, 5) is 46.4. The Morgan fingerprint density at radius 1 is 0.868 bits per heavy atom. The van der Waals surface area contributed by atoms with Gasteiger partial charge in [0.1, 0.15) is 11.3 Å². The van der Waals surface area contributed by atoms with Crippen LogP contribution in [0.25, 0.3) is 28.6 Å². The number of carboxylic acids is 1. The zero-order valence-electron chi connectivity index (χ0n) is 22.0. The number of aliphatic carboxylic acids is 1. The second-order valence-corrected chi connectivity index (χ2v) is 11.1. The maximum atomic E-state index is 13.9. The molecular formula is C30H38N4O4. The maximum absolute atomic E-state index is 13.9. The van der Waals surface area contributed by atoms with Gasteiger partial charge in [0.25, 0.3) is 5.56 Å². The van der Waals surface area contributed by atoms with Crippen LogP contribution in [-0.2, 0) is 17.9 Å². The molecule has 202 valence electrons. The molecule has 2 aromatic heterocycles. The molecule has 2 saturated carbocycles. The van der Waals surface area contributed by atoms with Crippen LogP contribution < -0.4 is 11.2 Å². The van der Waals surface area contributed by atoms with E-state index in [9.17, 15) is 14.4 Å². The fraction of sp³-hybridized carbons (Fsp3) is 0.533. The number of aromatic amines is 1. The Hall–Kier alpha value is -3.42. The van der Waals surface area contributed by atoms with E-state index in [2.05, 4.69) is 4.98 Å². The summed E-state index contributed by atoms with van der Waals surface area (Å²) in [5.74, 6) is 0.286. The highest BCUT2D eigenvalue weighted by Gasteiger charge is 2.23. The standard InChI is InChI=1S/C30H38N4O4/c35-25(36)18-15-21-13-16-24(17-14-21)27-31-26-28(32-27)33(19-22-9-5-1-2-6-10-22)30(38)34(29(26)37)20-23-11-7-3-4-8-12-23/h13-18,22-23H,1-12,19-20H2,(H,31,32)(H,35,36). The molecule has 2 aliphatic carbocycles. The van der Waals surface area contributed by atoms with E-state index in [0.717, 1.165) is 55.7 Å². The molecule has 0 amide bonds. The molecule has 2 aliphatic rings. The Balaban J connectivity index is 1.55. The van der Waals surface area contributed by atoms with Crippen LogP contribution in [0.5, 0.6) is 0 Å². The molecule has 3 aromatic rings. The van der Waals surface area contributed by atoms with E-state index >= 15 is 0 Å². The first kappa shape index (κ1) is 26.2. The van der Waals surface area contributed by atoms with Crippen molar-refractivity contribution >= 4 is 23.2 Å². The van der Waals surface area contributed by atoms with Gasteiger partial charge in [-0.1, -0.05) is 75.6 Å². The summed E-state index contributed by atoms with van der Waals surface area (Å²) in [7, 11) is 0. The second-order valence-electron chi connectivity index (χ2n) is 11.1. The third-order valence-electron chi connectivity index (χ3n) is 8.29. The highest BCUT2D eigenvalue weighted by atomic mass is 16.4. The zero-order chi connectivity index (χ0) is 26.5. The lowest BCUT2D eigenvalue weighted by atomic mass is 10.00. The Bertz CT molecular complexity index is 1400. The molecule has 0 aliphatic heterocycles. The van der Waals surface area contributed by atoms with Crippen LogP contribution >= 0.6 is 0 Å². The fourth-order valence-electron chi connectivity index (χ4n) is 6.16. The summed E-state index contributed by atoms with van der Waals surface area (Å²) in [5.41, 5.74) is 1.83. The average Bonchev–Trinajstić information content (AvgIpc) is 3.06. The Kier molecular flexibility index (Phi) is 8.25. The van der Waals surface area contributed by atoms with Gasteiger partial charge in [-0.3, -0.25) is 13.9 Å². The number of hydrogen-bond acceptors (Lipinski definition) is 4. The van der Waals surface area contributed by atoms with Gasteiger partial charge in [-0.2, -0.15) is 0 Å². The number of fused-ring (bicyclic) bond motifs is 1. The van der Waals surface area contributed by atoms with Gasteiger partial charge in [-0.25, -0.2) is 14.6 Å². The second kappa shape index (κ2) is 12.0. The highest BCUT2D eigenvalue weighted by molar-refractivity contribution is 5.85. The molecule has 0 spiro atoms. The predicted octanol–water partition coefficient (Wildman–Crippen LogP) is 5.59. The van der Waals surface area contributed by atoms with E-state index in [0.29, 0.717) is 41.9 Å². The first-order valence-corrected chi connectivity index (χ1v) is 14.2. The Morgan fingerprint density at radius 2 is 1.42 bits per heavy atom. The number of rotatable bonds is 7. The molecule has 38 heavy (non-hydrogen) atoms. The van der Waals surface area contributed by atoms with Crippen molar-refractivity contribution in [1.82, 2.24) is 19.1 Å². The van der Waals surface area contributed by atoms with Crippen LogP contribution in [-0.4, -0.2) is 30.2 Å². The van der Waals surface area contributed by atoms with Gasteiger partial charge in [0.2, 0.25) is 0 Å². The van der Waals surface area contributed by atoms with Crippen LogP contribution in [0.1, 0.15) is 82.6 Å². The molecule has 0 atom stereocenters. The zero-order valence-corrected chi connectivity index (χ0v) is 22.0. The monoisotopic (exact) mass is 518 g/mol. The molecule has 2 heterocycles. The van der Waals surface area contributed by atoms with E-state index in [1.54, 1.807) is 4.57 Å². The van der Waals surface area contributed by atoms with Crippen molar-refractivity contribution in [1.29, 1.82) is 0 Å². The number of H-pyrrole nitrogens is 1. The van der Waals surface area contributed by atoms with Gasteiger partial charge in [-0.15, -0.1) is 0 Å². The van der Waals surface area contributed by atoms with Crippen LogP contribution in [0.4, 0.5) is 0 Å². The molecule has 0 saturated heterocycles. The van der Waals surface area contributed by atoms with E-state index in [1.165, 1.54) is 49.2 Å². The minimum Gasteiger partial charge on any atom is -0.478 e. The van der Waals surface area contributed by atoms with Gasteiger partial charge in [0.05, 0.1) is 0 Å². The van der Waals surface area contributed by atoms with Gasteiger partial charge >= 0.3 is 11.7 Å². The lowest BCUT2D eigenvalue weighted by Crippen LogP contribution is -2.42. The molecular weight excluding hydrogens is 480 g/mol. The highest BCUT2D eigenvalue weighted by Crippen LogP contribution is 2.27. The number of imidazole rings is 1. The van der Waals surface area contributed by atoms with Gasteiger partial charge in [0.15, 0.2) is 5.65 Å². The summed E-state index contributed by atoms with van der Waals surface area (Å²) in [6.07, 6.45) is 16.5. The molecule has 0 radical (unpaired) electrons. The van der Waals surface area contributed by atoms with E-state index < -0.39 is 5.97 Å². The van der Waals surface area contributed by atoms with Crippen LogP contribution in [0.3, 0.4) is 0 Å². The third-order valence-corrected chi connectivity index (χ3v) is 8.29. The van der Waals surface area contributed by atoms with E-state index in [1.807, 2.05) is 24.3 Å². The molecule has 1 aromatic carbocycles. The molecule has 8 heteroatoms. The normalized spacial score (nSPS) is 18.1. The molecule has 5 rings (SSSR count). The lowest BCUT2D eigenvalue weighted by molar-refractivity contribution is -0.131. The van der Waals surface area contributed by atoms with Crippen LogP contribution in [0, 0.1) is 11.8 Å². The van der Waals surface area contributed by atoms with Crippen molar-refractivity contribution < 1.29 is 9.90 Å². The Morgan fingerprint density at radius 3 is 1.97 bits per heavy atom. The molecule has 8 nitrogen and oxygen atoms in total. The quantitative estimate of drug-likeness (QED) is 0.313. The van der Waals surface area contributed by atoms with Crippen molar-refractivity contribution in [2.75, 3.05) is 0 Å². The van der Waals surface area contributed by atoms with E-state index in [-0.39, 0.29) is 11.2 Å². The van der Waals surface area contributed by atoms with Crippen molar-refractivity contribution in [2.24, 2.45) is 11.8 Å². The van der Waals surface area contributed by atoms with Crippen molar-refractivity contribution in [2.45, 2.75) is 90.1 Å². The topological polar surface area (TPSA) is 110 Å². The molecule has 2 fully saturated rings. The number of carboxylic acid groups (broad SMARTS) is 1. The van der Waals surface area contributed by atoms with Crippen molar-refractivity contribution in [3.05, 3.63) is 56.7 Å². The van der Waals surface area contributed by atoms with Gasteiger partial charge in [0, 0.05) is 24.7 Å². The van der Waals surface area contributed by atoms with Gasteiger partial charge in [-0.05, 0) is 49.2 Å². The molecule has 0 bridgehead atoms. The van der Waals surface area contributed by atoms with Crippen molar-refractivity contribution in [3.8, 4) is 11.4 Å². The number of nitrogens with zero attached hydrogens (tertiary/aromatic N) is 3. The van der Waals surface area contributed by atoms with Crippen LogP contribution in [0.2, 0.25) is 0 Å². The smallest absolute Gasteiger partial charge is 0.332 e.